The number of alkyl halides is 3. The summed E-state index contributed by atoms with van der Waals surface area (Å²) >= 11 is 1.20. The summed E-state index contributed by atoms with van der Waals surface area (Å²) < 4.78 is 44.4. The molecular weight excluding hydrogens is 389 g/mol. The molecule has 4 nitrogen and oxygen atoms in total. The number of benzene rings is 2. The quantitative estimate of drug-likeness (QED) is 0.624. The Hall–Kier alpha value is -3.00. The maximum absolute atomic E-state index is 12.9. The number of nitrogens with zero attached hydrogens (tertiary/aromatic N) is 1. The van der Waals surface area contributed by atoms with Crippen LogP contribution in [-0.4, -0.2) is 11.1 Å². The number of carbonyl (C=O) groups excluding carboxylic acids is 1. The molecule has 8 heteroatoms. The van der Waals surface area contributed by atoms with Crippen LogP contribution in [0.3, 0.4) is 0 Å². The van der Waals surface area contributed by atoms with Gasteiger partial charge in [-0.25, -0.2) is 4.99 Å². The Morgan fingerprint density at radius 3 is 2.54 bits per heavy atom. The molecule has 1 atom stereocenters. The molecule has 142 valence electrons. The number of aliphatic imine (C=N–C) groups is 1. The fraction of sp³-hybridized carbons (Fsp3) is 0.100. The molecule has 4 rings (SSSR count). The van der Waals surface area contributed by atoms with Crippen molar-refractivity contribution in [2.24, 2.45) is 4.99 Å². The smallest absolute Gasteiger partial charge is 0.416 e. The number of rotatable bonds is 3. The number of hydrogen-bond donors (Lipinski definition) is 1. The summed E-state index contributed by atoms with van der Waals surface area (Å²) in [5, 5.41) is 2.49. The molecule has 0 saturated carbocycles. The average Bonchev–Trinajstić information content (AvgIpc) is 3.29. The summed E-state index contributed by atoms with van der Waals surface area (Å²) in [5.41, 5.74) is 0.242. The Bertz CT molecular complexity index is 1040. The lowest BCUT2D eigenvalue weighted by atomic mass is 10.1. The van der Waals surface area contributed by atoms with Crippen molar-refractivity contribution in [1.29, 1.82) is 0 Å². The fourth-order valence-corrected chi connectivity index (χ4v) is 3.67. The van der Waals surface area contributed by atoms with E-state index in [2.05, 4.69) is 10.3 Å². The van der Waals surface area contributed by atoms with Gasteiger partial charge in [0, 0.05) is 5.56 Å². The lowest BCUT2D eigenvalue weighted by Gasteiger charge is -2.07. The highest BCUT2D eigenvalue weighted by molar-refractivity contribution is 8.15. The van der Waals surface area contributed by atoms with Gasteiger partial charge in [-0.15, -0.1) is 0 Å². The molecule has 1 amide bonds. The van der Waals surface area contributed by atoms with Crippen LogP contribution in [0.15, 0.2) is 76.1 Å². The first-order valence-corrected chi connectivity index (χ1v) is 9.17. The van der Waals surface area contributed by atoms with Crippen molar-refractivity contribution >= 4 is 28.5 Å². The normalized spacial score (nSPS) is 18.5. The molecule has 1 fully saturated rings. The summed E-state index contributed by atoms with van der Waals surface area (Å²) in [6.45, 7) is 0. The van der Waals surface area contributed by atoms with Crippen LogP contribution < -0.4 is 5.32 Å². The van der Waals surface area contributed by atoms with E-state index in [0.29, 0.717) is 22.2 Å². The monoisotopic (exact) mass is 402 g/mol. The van der Waals surface area contributed by atoms with E-state index < -0.39 is 17.0 Å². The molecule has 1 N–H and O–H groups in total. The third-order valence-electron chi connectivity index (χ3n) is 4.04. The predicted octanol–water partition coefficient (Wildman–Crippen LogP) is 5.56. The zero-order chi connectivity index (χ0) is 19.7. The van der Waals surface area contributed by atoms with Crippen LogP contribution >= 0.6 is 11.8 Å². The zero-order valence-corrected chi connectivity index (χ0v) is 15.1. The minimum atomic E-state index is -4.44. The fourth-order valence-electron chi connectivity index (χ4n) is 2.72. The standard InChI is InChI=1S/C20H13F3N2O2S/c21-20(22,23)13-6-4-5-12(11-13)15-9-10-16(27-15)17-18(26)25-19(28-17)24-14-7-2-1-3-8-14/h1-11,17H,(H,24,25,26)/t17-/m1/s1. The number of nitrogens with one attached hydrogen (secondary N) is 1. The SMILES string of the molecule is O=C1NC(=Nc2ccccc2)S[C@@H]1c1ccc(-c2cccc(C(F)(F)F)c2)o1. The Labute approximate surface area is 162 Å². The van der Waals surface area contributed by atoms with Crippen LogP contribution in [0.2, 0.25) is 0 Å². The molecule has 0 spiro atoms. The van der Waals surface area contributed by atoms with Gasteiger partial charge in [0.1, 0.15) is 16.8 Å². The van der Waals surface area contributed by atoms with Crippen LogP contribution in [0.4, 0.5) is 18.9 Å². The topological polar surface area (TPSA) is 54.6 Å². The van der Waals surface area contributed by atoms with Crippen molar-refractivity contribution in [3.05, 3.63) is 78.1 Å². The molecule has 0 unspecified atom stereocenters. The minimum Gasteiger partial charge on any atom is -0.459 e. The van der Waals surface area contributed by atoms with Crippen LogP contribution in [0, 0.1) is 0 Å². The maximum Gasteiger partial charge on any atom is 0.416 e. The van der Waals surface area contributed by atoms with Gasteiger partial charge < -0.3 is 9.73 Å². The Morgan fingerprint density at radius 1 is 1.00 bits per heavy atom. The van der Waals surface area contributed by atoms with E-state index in [-0.39, 0.29) is 11.7 Å². The number of para-hydroxylation sites is 1. The summed E-state index contributed by atoms with van der Waals surface area (Å²) in [4.78, 5) is 16.7. The number of carbonyl (C=O) groups is 1. The zero-order valence-electron chi connectivity index (χ0n) is 14.2. The van der Waals surface area contributed by atoms with Gasteiger partial charge in [0.15, 0.2) is 5.17 Å². The molecule has 0 aliphatic carbocycles. The van der Waals surface area contributed by atoms with Gasteiger partial charge in [-0.3, -0.25) is 4.79 Å². The molecule has 2 aromatic carbocycles. The number of hydrogen-bond acceptors (Lipinski definition) is 4. The number of furan rings is 1. The van der Waals surface area contributed by atoms with E-state index >= 15 is 0 Å². The maximum atomic E-state index is 12.9. The summed E-state index contributed by atoms with van der Waals surface area (Å²) in [6, 6.07) is 17.2. The van der Waals surface area contributed by atoms with Gasteiger partial charge in [0.05, 0.1) is 11.3 Å². The molecule has 0 radical (unpaired) electrons. The van der Waals surface area contributed by atoms with Crippen molar-refractivity contribution in [1.82, 2.24) is 5.32 Å². The second kappa shape index (κ2) is 7.20. The lowest BCUT2D eigenvalue weighted by Crippen LogP contribution is -2.21. The Balaban J connectivity index is 1.57. The first kappa shape index (κ1) is 18.4. The van der Waals surface area contributed by atoms with Crippen molar-refractivity contribution in [2.45, 2.75) is 11.4 Å². The third kappa shape index (κ3) is 3.82. The highest BCUT2D eigenvalue weighted by Gasteiger charge is 2.34. The predicted molar refractivity (Wildman–Crippen MR) is 101 cm³/mol. The van der Waals surface area contributed by atoms with E-state index in [1.807, 2.05) is 30.3 Å². The summed E-state index contributed by atoms with van der Waals surface area (Å²) in [7, 11) is 0. The molecular formula is C20H13F3N2O2S. The molecule has 1 aliphatic heterocycles. The van der Waals surface area contributed by atoms with Gasteiger partial charge in [-0.1, -0.05) is 42.1 Å². The third-order valence-corrected chi connectivity index (χ3v) is 5.14. The van der Waals surface area contributed by atoms with Gasteiger partial charge >= 0.3 is 6.18 Å². The van der Waals surface area contributed by atoms with Crippen molar-refractivity contribution < 1.29 is 22.4 Å². The second-order valence-electron chi connectivity index (χ2n) is 6.02. The molecule has 28 heavy (non-hydrogen) atoms. The largest absolute Gasteiger partial charge is 0.459 e. The highest BCUT2D eigenvalue weighted by atomic mass is 32.2. The molecule has 0 bridgehead atoms. The molecule has 3 aromatic rings. The van der Waals surface area contributed by atoms with Gasteiger partial charge in [-0.2, -0.15) is 13.2 Å². The van der Waals surface area contributed by atoms with Gasteiger partial charge in [0.2, 0.25) is 5.91 Å². The van der Waals surface area contributed by atoms with Crippen LogP contribution in [0.1, 0.15) is 16.6 Å². The molecule has 1 aromatic heterocycles. The van der Waals surface area contributed by atoms with Crippen LogP contribution in [-0.2, 0) is 11.0 Å². The number of amidine groups is 1. The number of amides is 1. The Morgan fingerprint density at radius 2 is 1.79 bits per heavy atom. The average molecular weight is 402 g/mol. The Kier molecular flexibility index (Phi) is 4.72. The van der Waals surface area contributed by atoms with Crippen molar-refractivity contribution in [3.8, 4) is 11.3 Å². The van der Waals surface area contributed by atoms with E-state index in [4.69, 9.17) is 4.42 Å². The van der Waals surface area contributed by atoms with Gasteiger partial charge in [0.25, 0.3) is 0 Å². The van der Waals surface area contributed by atoms with E-state index in [1.165, 1.54) is 23.9 Å². The number of thioether (sulfide) groups is 1. The number of halogens is 3. The highest BCUT2D eigenvalue weighted by Crippen LogP contribution is 2.38. The van der Waals surface area contributed by atoms with Gasteiger partial charge in [-0.05, 0) is 36.4 Å². The molecule has 2 heterocycles. The van der Waals surface area contributed by atoms with E-state index in [0.717, 1.165) is 12.1 Å². The summed E-state index contributed by atoms with van der Waals surface area (Å²) in [5.74, 6) is 0.334. The molecule has 1 aliphatic rings. The second-order valence-corrected chi connectivity index (χ2v) is 7.11. The lowest BCUT2D eigenvalue weighted by molar-refractivity contribution is -0.137. The van der Waals surface area contributed by atoms with Crippen LogP contribution in [0.25, 0.3) is 11.3 Å². The molecule has 1 saturated heterocycles. The summed E-state index contributed by atoms with van der Waals surface area (Å²) in [6.07, 6.45) is -4.44. The first-order chi connectivity index (χ1) is 13.4. The first-order valence-electron chi connectivity index (χ1n) is 8.29. The van der Waals surface area contributed by atoms with E-state index in [9.17, 15) is 18.0 Å². The van der Waals surface area contributed by atoms with E-state index in [1.54, 1.807) is 12.1 Å². The minimum absolute atomic E-state index is 0.267. The van der Waals surface area contributed by atoms with Crippen molar-refractivity contribution in [3.63, 3.8) is 0 Å². The van der Waals surface area contributed by atoms with Crippen LogP contribution in [0.5, 0.6) is 0 Å². The van der Waals surface area contributed by atoms with Crippen molar-refractivity contribution in [2.75, 3.05) is 0 Å².